The van der Waals surface area contributed by atoms with Gasteiger partial charge in [0.2, 0.25) is 0 Å². The summed E-state index contributed by atoms with van der Waals surface area (Å²) in [5.41, 5.74) is -3.02. The van der Waals surface area contributed by atoms with E-state index in [4.69, 9.17) is 0 Å². The molecule has 0 aliphatic heterocycles. The summed E-state index contributed by atoms with van der Waals surface area (Å²) in [6.07, 6.45) is -6.23. The van der Waals surface area contributed by atoms with E-state index in [1.54, 1.807) is 0 Å². The number of hydrogen-bond acceptors (Lipinski definition) is 4. The zero-order chi connectivity index (χ0) is 13.4. The van der Waals surface area contributed by atoms with Gasteiger partial charge in [0.1, 0.15) is 0 Å². The first-order valence-electron chi connectivity index (χ1n) is 4.10. The maximum absolute atomic E-state index is 13.2. The normalized spacial score (nSPS) is 21.2. The molecule has 0 amide bonds. The number of allylic oxidation sites excluding steroid dienone is 1. The fourth-order valence-electron chi connectivity index (χ4n) is 1.27. The molecule has 0 saturated heterocycles. The van der Waals surface area contributed by atoms with Gasteiger partial charge in [-0.05, 0) is 0 Å². The first-order valence-corrected chi connectivity index (χ1v) is 4.10. The van der Waals surface area contributed by atoms with E-state index in [0.29, 0.717) is 0 Å². The first kappa shape index (κ1) is 13.1. The van der Waals surface area contributed by atoms with Crippen molar-refractivity contribution in [3.63, 3.8) is 0 Å². The summed E-state index contributed by atoms with van der Waals surface area (Å²) >= 11 is 0. The summed E-state index contributed by atoms with van der Waals surface area (Å²) in [6, 6.07) is -2.36. The smallest absolute Gasteiger partial charge is 0.264 e. The van der Waals surface area contributed by atoms with Crippen LogP contribution in [0.5, 0.6) is 0 Å². The molecular weight excluding hydrogens is 252 g/mol. The highest BCUT2D eigenvalue weighted by molar-refractivity contribution is 5.31. The van der Waals surface area contributed by atoms with Crippen molar-refractivity contribution in [1.82, 2.24) is 0 Å². The monoisotopic (exact) mass is 256 g/mol. The molecule has 0 saturated carbocycles. The average molecular weight is 256 g/mol. The first-order chi connectivity index (χ1) is 7.64. The second kappa shape index (κ2) is 4.11. The fourth-order valence-corrected chi connectivity index (χ4v) is 1.27. The molecule has 0 bridgehead atoms. The van der Waals surface area contributed by atoms with Crippen molar-refractivity contribution in [2.75, 3.05) is 0 Å². The molecule has 0 N–H and O–H groups in total. The van der Waals surface area contributed by atoms with E-state index in [0.717, 1.165) is 0 Å². The molecule has 94 valence electrons. The van der Waals surface area contributed by atoms with Crippen molar-refractivity contribution in [3.8, 4) is 0 Å². The van der Waals surface area contributed by atoms with Crippen molar-refractivity contribution in [2.24, 2.45) is 0 Å². The molecule has 0 radical (unpaired) electrons. The predicted octanol–water partition coefficient (Wildman–Crippen LogP) is 1.98. The van der Waals surface area contributed by atoms with Crippen LogP contribution in [0.4, 0.5) is 17.6 Å². The Balaban J connectivity index is 3.30. The molecule has 10 heteroatoms. The molecule has 1 atom stereocenters. The van der Waals surface area contributed by atoms with Gasteiger partial charge < -0.3 is 0 Å². The third-order valence-electron chi connectivity index (χ3n) is 2.08. The van der Waals surface area contributed by atoms with Gasteiger partial charge in [0.15, 0.2) is 0 Å². The van der Waals surface area contributed by atoms with Gasteiger partial charge in [-0.1, -0.05) is 0 Å². The molecule has 0 fully saturated rings. The lowest BCUT2D eigenvalue weighted by atomic mass is 9.97. The Hall–Kier alpha value is -2.00. The fraction of sp³-hybridized carbons (Fsp3) is 0.429. The quantitative estimate of drug-likeness (QED) is 0.429. The molecule has 1 unspecified atom stereocenters. The highest BCUT2D eigenvalue weighted by Gasteiger charge is 2.46. The summed E-state index contributed by atoms with van der Waals surface area (Å²) in [7, 11) is 0. The van der Waals surface area contributed by atoms with Gasteiger partial charge in [-0.15, -0.1) is 0 Å². The third-order valence-corrected chi connectivity index (χ3v) is 2.08. The van der Waals surface area contributed by atoms with E-state index in [-0.39, 0.29) is 6.08 Å². The average Bonchev–Trinajstić information content (AvgIpc) is 2.14. The molecule has 0 aromatic heterocycles. The molecule has 0 heterocycles. The largest absolute Gasteiger partial charge is 0.413 e. The third kappa shape index (κ3) is 2.57. The van der Waals surface area contributed by atoms with E-state index in [1.165, 1.54) is 0 Å². The molecule has 1 aliphatic rings. The van der Waals surface area contributed by atoms with Crippen LogP contribution >= 0.6 is 0 Å². The summed E-state index contributed by atoms with van der Waals surface area (Å²) in [5, 5.41) is 20.6. The summed E-state index contributed by atoms with van der Waals surface area (Å²) < 4.78 is 50.0. The Labute approximate surface area is 90.5 Å². The molecule has 0 aromatic rings. The van der Waals surface area contributed by atoms with Crippen LogP contribution in [0.15, 0.2) is 23.2 Å². The van der Waals surface area contributed by atoms with Crippen LogP contribution < -0.4 is 0 Å². The minimum Gasteiger partial charge on any atom is -0.264 e. The molecule has 0 spiro atoms. The van der Waals surface area contributed by atoms with Crippen LogP contribution in [0.25, 0.3) is 0 Å². The lowest BCUT2D eigenvalue weighted by Gasteiger charge is -2.16. The minimum atomic E-state index is -4.96. The lowest BCUT2D eigenvalue weighted by Crippen LogP contribution is -2.30. The Kier molecular flexibility index (Phi) is 3.16. The van der Waals surface area contributed by atoms with Gasteiger partial charge in [0.25, 0.3) is 11.9 Å². The Morgan fingerprint density at radius 1 is 1.29 bits per heavy atom. The SMILES string of the molecule is O=[N+]([O-])C1=C(F)C([N+](=O)[O-])CC(C(F)(F)F)=C1. The second-order valence-electron chi connectivity index (χ2n) is 3.16. The molecular formula is C7H4F4N2O4. The highest BCUT2D eigenvalue weighted by atomic mass is 19.4. The molecule has 6 nitrogen and oxygen atoms in total. The van der Waals surface area contributed by atoms with E-state index < -0.39 is 45.6 Å². The maximum Gasteiger partial charge on any atom is 0.413 e. The summed E-state index contributed by atoms with van der Waals surface area (Å²) in [4.78, 5) is 17.9. The Morgan fingerprint density at radius 2 is 1.82 bits per heavy atom. The predicted molar refractivity (Wildman–Crippen MR) is 44.7 cm³/mol. The van der Waals surface area contributed by atoms with E-state index in [2.05, 4.69) is 0 Å². The van der Waals surface area contributed by atoms with Crippen molar-refractivity contribution in [1.29, 1.82) is 0 Å². The van der Waals surface area contributed by atoms with Crippen LogP contribution in [-0.2, 0) is 0 Å². The van der Waals surface area contributed by atoms with E-state index >= 15 is 0 Å². The standard InChI is InChI=1S/C7H4F4N2O4/c8-6-4(12(14)15)1-3(7(9,10)11)2-5(6)13(16)17/h1,5H,2H2. The molecule has 17 heavy (non-hydrogen) atoms. The number of nitro groups is 2. The number of halogens is 4. The number of hydrogen-bond donors (Lipinski definition) is 0. The van der Waals surface area contributed by atoms with Crippen molar-refractivity contribution in [3.05, 3.63) is 43.4 Å². The van der Waals surface area contributed by atoms with Crippen LogP contribution in [0.1, 0.15) is 6.42 Å². The Morgan fingerprint density at radius 3 is 2.18 bits per heavy atom. The summed E-state index contributed by atoms with van der Waals surface area (Å²) in [6.45, 7) is 0. The van der Waals surface area contributed by atoms with Gasteiger partial charge >= 0.3 is 11.9 Å². The van der Waals surface area contributed by atoms with Crippen molar-refractivity contribution in [2.45, 2.75) is 18.6 Å². The molecule has 0 aromatic carbocycles. The van der Waals surface area contributed by atoms with Gasteiger partial charge in [-0.25, -0.2) is 0 Å². The van der Waals surface area contributed by atoms with Crippen LogP contribution in [-0.4, -0.2) is 22.1 Å². The summed E-state index contributed by atoms with van der Waals surface area (Å²) in [5.74, 6) is -1.77. The number of nitrogens with zero attached hydrogens (tertiary/aromatic N) is 2. The van der Waals surface area contributed by atoms with Crippen molar-refractivity contribution >= 4 is 0 Å². The Bertz CT molecular complexity index is 440. The number of alkyl halides is 3. The second-order valence-corrected chi connectivity index (χ2v) is 3.16. The van der Waals surface area contributed by atoms with Gasteiger partial charge in [-0.2, -0.15) is 17.6 Å². The van der Waals surface area contributed by atoms with E-state index in [9.17, 15) is 37.8 Å². The number of rotatable bonds is 2. The van der Waals surface area contributed by atoms with Gasteiger partial charge in [0.05, 0.1) is 11.3 Å². The zero-order valence-electron chi connectivity index (χ0n) is 7.90. The minimum absolute atomic E-state index is 0.0185. The van der Waals surface area contributed by atoms with Crippen LogP contribution in [0.2, 0.25) is 0 Å². The van der Waals surface area contributed by atoms with Crippen LogP contribution in [0.3, 0.4) is 0 Å². The van der Waals surface area contributed by atoms with Crippen molar-refractivity contribution < 1.29 is 27.4 Å². The van der Waals surface area contributed by atoms with Gasteiger partial charge in [0, 0.05) is 16.6 Å². The van der Waals surface area contributed by atoms with E-state index in [1.807, 2.05) is 0 Å². The lowest BCUT2D eigenvalue weighted by molar-refractivity contribution is -0.519. The highest BCUT2D eigenvalue weighted by Crippen LogP contribution is 2.36. The van der Waals surface area contributed by atoms with Gasteiger partial charge in [-0.3, -0.25) is 20.2 Å². The van der Waals surface area contributed by atoms with Crippen LogP contribution in [0, 0.1) is 20.2 Å². The maximum atomic E-state index is 13.2. The molecule has 1 aliphatic carbocycles. The molecule has 1 rings (SSSR count). The zero-order valence-corrected chi connectivity index (χ0v) is 7.90. The topological polar surface area (TPSA) is 86.3 Å².